The smallest absolute Gasteiger partial charge is 0.146 e. The van der Waals surface area contributed by atoms with Crippen LogP contribution in [0.15, 0.2) is 71.7 Å². The Morgan fingerprint density at radius 2 is 1.80 bits per heavy atom. The van der Waals surface area contributed by atoms with Gasteiger partial charge in [-0.2, -0.15) is 0 Å². The zero-order valence-electron chi connectivity index (χ0n) is 17.1. The molecule has 1 atom stereocenters. The van der Waals surface area contributed by atoms with Crippen LogP contribution >= 0.6 is 0 Å². The summed E-state index contributed by atoms with van der Waals surface area (Å²) in [6.07, 6.45) is 6.84. The lowest BCUT2D eigenvalue weighted by atomic mass is 9.99. The molecular weight excluding hydrogens is 374 g/mol. The third-order valence-electron chi connectivity index (χ3n) is 5.30. The molecule has 1 unspecified atom stereocenters. The van der Waals surface area contributed by atoms with E-state index in [0.717, 1.165) is 37.9 Å². The number of nitrogens with two attached hydrogens (primary N) is 1. The molecule has 1 saturated heterocycles. The molecule has 3 rings (SSSR count). The number of nitrogens with one attached hydrogen (secondary N) is 2. The summed E-state index contributed by atoms with van der Waals surface area (Å²) < 4.78 is 0. The summed E-state index contributed by atoms with van der Waals surface area (Å²) in [4.78, 5) is 6.14. The van der Waals surface area contributed by atoms with E-state index in [0.29, 0.717) is 24.0 Å². The fourth-order valence-corrected chi connectivity index (χ4v) is 3.62. The molecule has 6 nitrogen and oxygen atoms in total. The minimum Gasteiger partial charge on any atom is -0.508 e. The zero-order valence-corrected chi connectivity index (χ0v) is 17.1. The molecule has 1 heterocycles. The van der Waals surface area contributed by atoms with Gasteiger partial charge in [-0.05, 0) is 60.6 Å². The van der Waals surface area contributed by atoms with Crippen molar-refractivity contribution in [3.05, 3.63) is 77.9 Å². The highest BCUT2D eigenvalue weighted by Crippen LogP contribution is 2.22. The van der Waals surface area contributed by atoms with Crippen molar-refractivity contribution in [2.24, 2.45) is 16.6 Å². The van der Waals surface area contributed by atoms with Crippen LogP contribution in [0.2, 0.25) is 0 Å². The van der Waals surface area contributed by atoms with Gasteiger partial charge in [0.25, 0.3) is 0 Å². The molecule has 1 aliphatic heterocycles. The van der Waals surface area contributed by atoms with E-state index in [-0.39, 0.29) is 11.6 Å². The summed E-state index contributed by atoms with van der Waals surface area (Å²) >= 11 is 0. The van der Waals surface area contributed by atoms with Crippen LogP contribution in [0.3, 0.4) is 0 Å². The molecule has 1 fully saturated rings. The van der Waals surface area contributed by atoms with E-state index in [9.17, 15) is 5.11 Å². The number of hydrogen-bond acceptors (Lipinski definition) is 3. The normalized spacial score (nSPS) is 16.9. The number of aromatic hydroxyl groups is 1. The number of nitrogens with zero attached hydrogens (tertiary/aromatic N) is 2. The van der Waals surface area contributed by atoms with Crippen molar-refractivity contribution in [3.63, 3.8) is 0 Å². The molecule has 0 bridgehead atoms. The molecule has 0 aromatic heterocycles. The summed E-state index contributed by atoms with van der Waals surface area (Å²) in [6.45, 7) is 1.76. The molecule has 2 aromatic carbocycles. The van der Waals surface area contributed by atoms with Crippen LogP contribution in [0.25, 0.3) is 0 Å². The highest BCUT2D eigenvalue weighted by molar-refractivity contribution is 6.04. The first-order chi connectivity index (χ1) is 14.5. The third-order valence-corrected chi connectivity index (χ3v) is 5.30. The molecule has 6 heteroatoms. The van der Waals surface area contributed by atoms with Gasteiger partial charge in [0.2, 0.25) is 0 Å². The third kappa shape index (κ3) is 6.58. The van der Waals surface area contributed by atoms with E-state index in [1.807, 2.05) is 6.07 Å². The van der Waals surface area contributed by atoms with Crippen LogP contribution in [0.5, 0.6) is 5.75 Å². The van der Waals surface area contributed by atoms with E-state index < -0.39 is 0 Å². The van der Waals surface area contributed by atoms with Crippen LogP contribution in [0.4, 0.5) is 0 Å². The lowest BCUT2D eigenvalue weighted by Gasteiger charge is -2.17. The number of likely N-dealkylation sites (tertiary alicyclic amines) is 1. The maximum atomic E-state index is 9.32. The molecular formula is C24H29N5O. The number of aryl methyl sites for hydroxylation is 1. The lowest BCUT2D eigenvalue weighted by molar-refractivity contribution is 0.461. The summed E-state index contributed by atoms with van der Waals surface area (Å²) in [5, 5.41) is 25.6. The topological polar surface area (TPSA) is 110 Å². The van der Waals surface area contributed by atoms with Gasteiger partial charge in [0.15, 0.2) is 0 Å². The van der Waals surface area contributed by atoms with E-state index in [4.69, 9.17) is 16.6 Å². The van der Waals surface area contributed by atoms with Gasteiger partial charge < -0.3 is 15.7 Å². The Kier molecular flexibility index (Phi) is 7.38. The molecule has 2 aromatic rings. The second kappa shape index (κ2) is 10.4. The standard InChI is InChI=1S/C24H29N5O/c25-22(28-23(26)16-19-8-10-21(30)11-9-19)12-13-24(27)29-15-14-20(17-29)7-6-18-4-2-1-3-5-18/h1-5,8-13,20,27,30H,6-7,14-17H2,(H3,25,26,28)/b13-12-,27-24?. The van der Waals surface area contributed by atoms with Gasteiger partial charge in [0, 0.05) is 19.5 Å². The molecule has 0 saturated carbocycles. The van der Waals surface area contributed by atoms with Crippen LogP contribution in [0, 0.1) is 16.7 Å². The number of benzene rings is 2. The minimum absolute atomic E-state index is 0.0239. The van der Waals surface area contributed by atoms with Crippen molar-refractivity contribution in [1.29, 1.82) is 10.8 Å². The monoisotopic (exact) mass is 403 g/mol. The fourth-order valence-electron chi connectivity index (χ4n) is 3.62. The molecule has 0 aliphatic carbocycles. The Hall–Kier alpha value is -3.41. The Morgan fingerprint density at radius 1 is 1.07 bits per heavy atom. The summed E-state index contributed by atoms with van der Waals surface area (Å²) in [7, 11) is 0. The van der Waals surface area contributed by atoms with E-state index >= 15 is 0 Å². The minimum atomic E-state index is 0.0239. The van der Waals surface area contributed by atoms with Crippen molar-refractivity contribution in [3.8, 4) is 5.75 Å². The van der Waals surface area contributed by atoms with Crippen LogP contribution in [-0.4, -0.2) is 40.6 Å². The van der Waals surface area contributed by atoms with E-state index in [1.165, 1.54) is 11.6 Å². The van der Waals surface area contributed by atoms with Crippen molar-refractivity contribution in [1.82, 2.24) is 4.90 Å². The molecule has 0 spiro atoms. The second-order valence-corrected chi connectivity index (χ2v) is 7.68. The van der Waals surface area contributed by atoms with Gasteiger partial charge in [-0.1, -0.05) is 42.5 Å². The predicted molar refractivity (Wildman–Crippen MR) is 122 cm³/mol. The first kappa shape index (κ1) is 21.3. The summed E-state index contributed by atoms with van der Waals surface area (Å²) in [5.74, 6) is 1.55. The average molecular weight is 404 g/mol. The molecule has 156 valence electrons. The Bertz CT molecular complexity index is 918. The van der Waals surface area contributed by atoms with Crippen LogP contribution in [-0.2, 0) is 12.8 Å². The van der Waals surface area contributed by atoms with Gasteiger partial charge in [0.1, 0.15) is 23.3 Å². The molecule has 30 heavy (non-hydrogen) atoms. The van der Waals surface area contributed by atoms with Crippen molar-refractivity contribution in [2.75, 3.05) is 13.1 Å². The first-order valence-electron chi connectivity index (χ1n) is 10.2. The van der Waals surface area contributed by atoms with Crippen molar-refractivity contribution >= 4 is 17.5 Å². The SMILES string of the molecule is N=C(/C=C\C(=N)N1CCC(CCc2ccccc2)C1)N=C(N)Cc1ccc(O)cc1. The van der Waals surface area contributed by atoms with E-state index in [2.05, 4.69) is 34.2 Å². The molecule has 0 radical (unpaired) electrons. The number of phenols is 1. The first-order valence-corrected chi connectivity index (χ1v) is 10.2. The van der Waals surface area contributed by atoms with E-state index in [1.54, 1.807) is 30.3 Å². The van der Waals surface area contributed by atoms with Gasteiger partial charge in [-0.3, -0.25) is 10.8 Å². The van der Waals surface area contributed by atoms with Crippen molar-refractivity contribution in [2.45, 2.75) is 25.7 Å². The number of amidine groups is 3. The van der Waals surface area contributed by atoms with Gasteiger partial charge in [-0.25, -0.2) is 4.99 Å². The highest BCUT2D eigenvalue weighted by Gasteiger charge is 2.23. The largest absolute Gasteiger partial charge is 0.508 e. The van der Waals surface area contributed by atoms with Crippen molar-refractivity contribution < 1.29 is 5.11 Å². The Balaban J connectivity index is 1.44. The zero-order chi connectivity index (χ0) is 21.3. The quantitative estimate of drug-likeness (QED) is 0.417. The Morgan fingerprint density at radius 3 is 2.53 bits per heavy atom. The summed E-state index contributed by atoms with van der Waals surface area (Å²) in [6, 6.07) is 17.3. The number of hydrogen-bond donors (Lipinski definition) is 4. The predicted octanol–water partition coefficient (Wildman–Crippen LogP) is 3.76. The molecule has 1 aliphatic rings. The molecule has 5 N–H and O–H groups in total. The summed E-state index contributed by atoms with van der Waals surface area (Å²) in [5.41, 5.74) is 8.20. The average Bonchev–Trinajstić information content (AvgIpc) is 3.22. The second-order valence-electron chi connectivity index (χ2n) is 7.68. The van der Waals surface area contributed by atoms with Gasteiger partial charge >= 0.3 is 0 Å². The maximum absolute atomic E-state index is 9.32. The number of phenolic OH excluding ortho intramolecular Hbond substituents is 1. The Labute approximate surface area is 177 Å². The fraction of sp³-hybridized carbons (Fsp3) is 0.292. The molecule has 0 amide bonds. The van der Waals surface area contributed by atoms with Crippen LogP contribution < -0.4 is 5.73 Å². The number of rotatable bonds is 7. The number of aliphatic imine (C=N–C) groups is 1. The maximum Gasteiger partial charge on any atom is 0.146 e. The van der Waals surface area contributed by atoms with Gasteiger partial charge in [-0.15, -0.1) is 0 Å². The highest BCUT2D eigenvalue weighted by atomic mass is 16.3. The van der Waals surface area contributed by atoms with Gasteiger partial charge in [0.05, 0.1) is 0 Å². The lowest BCUT2D eigenvalue weighted by Crippen LogP contribution is -2.26. The van der Waals surface area contributed by atoms with Crippen LogP contribution in [0.1, 0.15) is 24.0 Å².